The second kappa shape index (κ2) is 6.60. The number of amides is 1. The maximum absolute atomic E-state index is 10.8. The van der Waals surface area contributed by atoms with Gasteiger partial charge in [-0.15, -0.1) is 0 Å². The minimum absolute atomic E-state index is 0.0945. The number of hydrogen-bond acceptors (Lipinski definition) is 5. The van der Waals surface area contributed by atoms with Gasteiger partial charge in [0.1, 0.15) is 0 Å². The van der Waals surface area contributed by atoms with Gasteiger partial charge in [0.05, 0.1) is 26.0 Å². The molecule has 0 saturated heterocycles. The van der Waals surface area contributed by atoms with Crippen LogP contribution in [-0.4, -0.2) is 31.6 Å². The van der Waals surface area contributed by atoms with E-state index in [0.717, 1.165) is 0 Å². The number of phenols is 1. The number of hydrogen-bond donors (Lipinski definition) is 2. The Balaban J connectivity index is 3.07. The van der Waals surface area contributed by atoms with Crippen molar-refractivity contribution in [3.05, 3.63) is 20.6 Å². The number of aromatic hydroxyl groups is 1. The molecule has 0 aliphatic carbocycles. The minimum atomic E-state index is -0.705. The molecule has 0 saturated carbocycles. The van der Waals surface area contributed by atoms with Crippen molar-refractivity contribution in [1.82, 2.24) is 5.43 Å². The van der Waals surface area contributed by atoms with Crippen LogP contribution in [0.5, 0.6) is 11.5 Å². The molecule has 0 aliphatic rings. The lowest BCUT2D eigenvalue weighted by Gasteiger charge is -2.09. The van der Waals surface area contributed by atoms with Crippen molar-refractivity contribution in [3.63, 3.8) is 0 Å². The van der Waals surface area contributed by atoms with Gasteiger partial charge in [-0.2, -0.15) is 5.10 Å². The zero-order chi connectivity index (χ0) is 13.7. The fourth-order valence-electron chi connectivity index (χ4n) is 1.08. The molecule has 1 rings (SSSR count). The summed E-state index contributed by atoms with van der Waals surface area (Å²) in [5, 5.41) is 13.5. The SMILES string of the molecule is COC(=O)N/N=C\c1c(O)c(OC)cc(Br)c1Br. The van der Waals surface area contributed by atoms with Crippen LogP contribution in [-0.2, 0) is 4.74 Å². The Kier molecular flexibility index (Phi) is 5.42. The summed E-state index contributed by atoms with van der Waals surface area (Å²) < 4.78 is 10.6. The summed E-state index contributed by atoms with van der Waals surface area (Å²) in [6.07, 6.45) is 0.563. The Morgan fingerprint density at radius 3 is 2.72 bits per heavy atom. The lowest BCUT2D eigenvalue weighted by atomic mass is 10.2. The summed E-state index contributed by atoms with van der Waals surface area (Å²) >= 11 is 6.58. The molecule has 0 unspecified atom stereocenters. The smallest absolute Gasteiger partial charge is 0.427 e. The molecule has 2 N–H and O–H groups in total. The number of hydrazone groups is 1. The van der Waals surface area contributed by atoms with Gasteiger partial charge in [0.15, 0.2) is 11.5 Å². The number of methoxy groups -OCH3 is 2. The number of halogens is 2. The van der Waals surface area contributed by atoms with Crippen LogP contribution in [0.15, 0.2) is 20.1 Å². The highest BCUT2D eigenvalue weighted by atomic mass is 79.9. The van der Waals surface area contributed by atoms with E-state index in [1.165, 1.54) is 20.4 Å². The van der Waals surface area contributed by atoms with Crippen molar-refractivity contribution in [2.45, 2.75) is 0 Å². The lowest BCUT2D eigenvalue weighted by Crippen LogP contribution is -2.16. The molecule has 0 bridgehead atoms. The average Bonchev–Trinajstić information content (AvgIpc) is 2.37. The highest BCUT2D eigenvalue weighted by Crippen LogP contribution is 2.39. The molecule has 1 aromatic rings. The molecule has 0 heterocycles. The van der Waals surface area contributed by atoms with Crippen LogP contribution in [0.4, 0.5) is 4.79 Å². The quantitative estimate of drug-likeness (QED) is 0.623. The summed E-state index contributed by atoms with van der Waals surface area (Å²) in [5.41, 5.74) is 2.47. The van der Waals surface area contributed by atoms with E-state index in [4.69, 9.17) is 4.74 Å². The second-order valence-corrected chi connectivity index (χ2v) is 4.65. The summed E-state index contributed by atoms with van der Waals surface area (Å²) in [7, 11) is 2.66. The first-order valence-corrected chi connectivity index (χ1v) is 6.21. The van der Waals surface area contributed by atoms with Gasteiger partial charge in [0, 0.05) is 8.95 Å². The zero-order valence-corrected chi connectivity index (χ0v) is 12.7. The zero-order valence-electron chi connectivity index (χ0n) is 9.53. The molecule has 1 aromatic carbocycles. The largest absolute Gasteiger partial charge is 0.504 e. The molecule has 0 fully saturated rings. The normalized spacial score (nSPS) is 10.4. The summed E-state index contributed by atoms with van der Waals surface area (Å²) in [6.45, 7) is 0. The van der Waals surface area contributed by atoms with E-state index in [2.05, 4.69) is 47.1 Å². The third-order valence-electron chi connectivity index (χ3n) is 1.95. The van der Waals surface area contributed by atoms with Crippen LogP contribution in [0.2, 0.25) is 0 Å². The number of nitrogens with zero attached hydrogens (tertiary/aromatic N) is 1. The van der Waals surface area contributed by atoms with Crippen molar-refractivity contribution in [2.75, 3.05) is 14.2 Å². The molecule has 0 aromatic heterocycles. The molecule has 0 spiro atoms. The molecular formula is C10H10Br2N2O4. The van der Waals surface area contributed by atoms with Crippen molar-refractivity contribution >= 4 is 44.2 Å². The number of ether oxygens (including phenoxy) is 2. The Labute approximate surface area is 120 Å². The first-order chi connectivity index (χ1) is 8.51. The maximum atomic E-state index is 10.8. The van der Waals surface area contributed by atoms with Crippen LogP contribution in [0, 0.1) is 0 Å². The first-order valence-electron chi connectivity index (χ1n) is 4.63. The molecular weight excluding hydrogens is 372 g/mol. The molecule has 0 aliphatic heterocycles. The van der Waals surface area contributed by atoms with Crippen LogP contribution in [0.3, 0.4) is 0 Å². The van der Waals surface area contributed by atoms with Gasteiger partial charge in [-0.05, 0) is 37.9 Å². The average molecular weight is 382 g/mol. The third-order valence-corrected chi connectivity index (χ3v) is 3.96. The highest BCUT2D eigenvalue weighted by molar-refractivity contribution is 9.13. The van der Waals surface area contributed by atoms with E-state index >= 15 is 0 Å². The number of benzene rings is 1. The van der Waals surface area contributed by atoms with Crippen molar-refractivity contribution in [3.8, 4) is 11.5 Å². The standard InChI is InChI=1S/C10H10Br2N2O4/c1-17-7-3-6(11)8(12)5(9(7)15)4-13-14-10(16)18-2/h3-4,15H,1-2H3,(H,14,16)/b13-4-. The van der Waals surface area contributed by atoms with Crippen LogP contribution in [0.1, 0.15) is 5.56 Å². The van der Waals surface area contributed by atoms with Crippen LogP contribution < -0.4 is 10.2 Å². The van der Waals surface area contributed by atoms with Gasteiger partial charge >= 0.3 is 6.09 Å². The predicted octanol–water partition coefficient (Wildman–Crippen LogP) is 2.62. The monoisotopic (exact) mass is 380 g/mol. The number of nitrogens with one attached hydrogen (secondary N) is 1. The Bertz CT molecular complexity index is 491. The summed E-state index contributed by atoms with van der Waals surface area (Å²) in [5.74, 6) is 0.188. The van der Waals surface area contributed by atoms with Crippen LogP contribution >= 0.6 is 31.9 Å². The van der Waals surface area contributed by atoms with Crippen molar-refractivity contribution < 1.29 is 19.4 Å². The van der Waals surface area contributed by atoms with Gasteiger partial charge in [-0.25, -0.2) is 10.2 Å². The molecule has 8 heteroatoms. The summed E-state index contributed by atoms with van der Waals surface area (Å²) in [6, 6.07) is 1.60. The van der Waals surface area contributed by atoms with E-state index < -0.39 is 6.09 Å². The van der Waals surface area contributed by atoms with Gasteiger partial charge in [-0.1, -0.05) is 0 Å². The number of carbonyl (C=O) groups excluding carboxylic acids is 1. The van der Waals surface area contributed by atoms with Crippen molar-refractivity contribution in [1.29, 1.82) is 0 Å². The predicted molar refractivity (Wildman–Crippen MR) is 73.2 cm³/mol. The van der Waals surface area contributed by atoms with Crippen molar-refractivity contribution in [2.24, 2.45) is 5.10 Å². The van der Waals surface area contributed by atoms with E-state index in [1.807, 2.05) is 0 Å². The fraction of sp³-hybridized carbons (Fsp3) is 0.200. The number of carbonyl (C=O) groups is 1. The van der Waals surface area contributed by atoms with E-state index in [1.54, 1.807) is 6.07 Å². The Morgan fingerprint density at radius 2 is 2.17 bits per heavy atom. The minimum Gasteiger partial charge on any atom is -0.504 e. The van der Waals surface area contributed by atoms with E-state index in [0.29, 0.717) is 14.5 Å². The molecule has 0 atom stereocenters. The lowest BCUT2D eigenvalue weighted by molar-refractivity contribution is 0.171. The van der Waals surface area contributed by atoms with Gasteiger partial charge in [0.2, 0.25) is 0 Å². The summed E-state index contributed by atoms with van der Waals surface area (Å²) in [4.78, 5) is 10.8. The molecule has 98 valence electrons. The first kappa shape index (κ1) is 14.8. The highest BCUT2D eigenvalue weighted by Gasteiger charge is 2.14. The molecule has 0 radical (unpaired) electrons. The number of phenolic OH excluding ortho intramolecular Hbond substituents is 1. The maximum Gasteiger partial charge on any atom is 0.427 e. The Morgan fingerprint density at radius 1 is 1.50 bits per heavy atom. The van der Waals surface area contributed by atoms with E-state index in [9.17, 15) is 9.90 Å². The van der Waals surface area contributed by atoms with E-state index in [-0.39, 0.29) is 11.5 Å². The van der Waals surface area contributed by atoms with Gasteiger partial charge in [0.25, 0.3) is 0 Å². The molecule has 6 nitrogen and oxygen atoms in total. The third kappa shape index (κ3) is 3.36. The second-order valence-electron chi connectivity index (χ2n) is 3.00. The topological polar surface area (TPSA) is 80.2 Å². The van der Waals surface area contributed by atoms with Gasteiger partial charge in [-0.3, -0.25) is 0 Å². The van der Waals surface area contributed by atoms with Gasteiger partial charge < -0.3 is 14.6 Å². The Hall–Kier alpha value is -1.28. The van der Waals surface area contributed by atoms with Crippen LogP contribution in [0.25, 0.3) is 0 Å². The fourth-order valence-corrected chi connectivity index (χ4v) is 1.91. The number of rotatable bonds is 3. The molecule has 18 heavy (non-hydrogen) atoms. The molecule has 1 amide bonds.